The van der Waals surface area contributed by atoms with Crippen LogP contribution in [0.15, 0.2) is 53.3 Å². The molecule has 2 aromatic carbocycles. The summed E-state index contributed by atoms with van der Waals surface area (Å²) in [6.45, 7) is 2.47. The van der Waals surface area contributed by atoms with Gasteiger partial charge in [-0.2, -0.15) is 9.61 Å². The van der Waals surface area contributed by atoms with Gasteiger partial charge in [0.15, 0.2) is 11.5 Å². The predicted molar refractivity (Wildman–Crippen MR) is 130 cm³/mol. The summed E-state index contributed by atoms with van der Waals surface area (Å²) in [4.78, 5) is 25.8. The largest absolute Gasteiger partial charge is 0.497 e. The molecule has 9 nitrogen and oxygen atoms in total. The first-order valence-corrected chi connectivity index (χ1v) is 11.3. The first kappa shape index (κ1) is 22.5. The van der Waals surface area contributed by atoms with Crippen LogP contribution < -0.4 is 25.1 Å². The Morgan fingerprint density at radius 1 is 1.14 bits per heavy atom. The number of hydrogen-bond donors (Lipinski definition) is 1. The third-order valence-corrected chi connectivity index (χ3v) is 6.32. The number of rotatable bonds is 7. The maximum Gasteiger partial charge on any atom is 0.277 e. The summed E-state index contributed by atoms with van der Waals surface area (Å²) < 4.78 is 19.3. The Morgan fingerprint density at radius 2 is 1.97 bits per heavy atom. The molecule has 0 unspecified atom stereocenters. The van der Waals surface area contributed by atoms with Crippen LogP contribution in [0.5, 0.6) is 17.2 Å². The summed E-state index contributed by atoms with van der Waals surface area (Å²) in [6.07, 6.45) is 0.506. The Balaban J connectivity index is 1.32. The summed E-state index contributed by atoms with van der Waals surface area (Å²) in [7, 11) is 3.50. The smallest absolute Gasteiger partial charge is 0.277 e. The highest BCUT2D eigenvalue weighted by Gasteiger charge is 2.17. The molecule has 0 atom stereocenters. The van der Waals surface area contributed by atoms with Crippen LogP contribution in [0.3, 0.4) is 0 Å². The first-order valence-electron chi connectivity index (χ1n) is 11.3. The molecule has 9 heteroatoms. The van der Waals surface area contributed by atoms with Crippen LogP contribution in [0.1, 0.15) is 23.2 Å². The maximum atomic E-state index is 13.3. The molecule has 2 aromatic heterocycles. The first-order chi connectivity index (χ1) is 16.9. The van der Waals surface area contributed by atoms with Gasteiger partial charge in [0.25, 0.3) is 5.56 Å². The number of hydrogen-bond acceptors (Lipinski definition) is 6. The van der Waals surface area contributed by atoms with Crippen molar-refractivity contribution in [1.82, 2.24) is 19.5 Å². The Kier molecular flexibility index (Phi) is 5.90. The molecule has 0 saturated carbocycles. The van der Waals surface area contributed by atoms with Crippen LogP contribution in [0.2, 0.25) is 0 Å². The van der Waals surface area contributed by atoms with Gasteiger partial charge >= 0.3 is 0 Å². The van der Waals surface area contributed by atoms with E-state index in [4.69, 9.17) is 14.2 Å². The summed E-state index contributed by atoms with van der Waals surface area (Å²) in [5.74, 6) is 1.96. The van der Waals surface area contributed by atoms with E-state index in [0.717, 1.165) is 22.6 Å². The summed E-state index contributed by atoms with van der Waals surface area (Å²) >= 11 is 0. The standard InChI is InChI=1S/C26H26N4O5/c1-16-20(8-10-24(31)27-14-17-7-9-22-23(11-17)35-15-34-22)26(32)30-25(29(16)2)13-21(28-30)18-5-4-6-19(12-18)33-3/h4-7,9,11-13H,8,10,14-15H2,1-3H3,(H,27,31). The fourth-order valence-electron chi connectivity index (χ4n) is 4.21. The third-order valence-electron chi connectivity index (χ3n) is 6.32. The highest BCUT2D eigenvalue weighted by molar-refractivity contribution is 5.76. The van der Waals surface area contributed by atoms with Crippen LogP contribution in [0.4, 0.5) is 0 Å². The minimum absolute atomic E-state index is 0.137. The van der Waals surface area contributed by atoms with E-state index in [1.54, 1.807) is 7.11 Å². The molecule has 0 spiro atoms. The van der Waals surface area contributed by atoms with Gasteiger partial charge in [-0.05, 0) is 43.2 Å². The molecule has 1 aliphatic heterocycles. The van der Waals surface area contributed by atoms with Crippen molar-refractivity contribution >= 4 is 11.6 Å². The minimum atomic E-state index is -0.215. The summed E-state index contributed by atoms with van der Waals surface area (Å²) in [5.41, 5.74) is 4.29. The highest BCUT2D eigenvalue weighted by Crippen LogP contribution is 2.32. The molecular weight excluding hydrogens is 448 g/mol. The Labute approximate surface area is 201 Å². The number of fused-ring (bicyclic) bond motifs is 2. The molecule has 1 N–H and O–H groups in total. The van der Waals surface area contributed by atoms with Crippen LogP contribution >= 0.6 is 0 Å². The molecule has 4 aromatic rings. The molecule has 0 radical (unpaired) electrons. The van der Waals surface area contributed by atoms with Gasteiger partial charge in [0.1, 0.15) is 11.4 Å². The highest BCUT2D eigenvalue weighted by atomic mass is 16.7. The van der Waals surface area contributed by atoms with E-state index in [0.29, 0.717) is 41.4 Å². The molecule has 0 saturated heterocycles. The lowest BCUT2D eigenvalue weighted by Crippen LogP contribution is -2.27. The van der Waals surface area contributed by atoms with Crippen molar-refractivity contribution in [2.75, 3.05) is 13.9 Å². The SMILES string of the molecule is COc1cccc(-c2cc3n(C)c(C)c(CCC(=O)NCc4ccc5c(c4)OCO5)c(=O)n3n2)c1. The van der Waals surface area contributed by atoms with Gasteiger partial charge < -0.3 is 24.1 Å². The predicted octanol–water partition coefficient (Wildman–Crippen LogP) is 2.99. The van der Waals surface area contributed by atoms with Gasteiger partial charge in [0, 0.05) is 42.9 Å². The van der Waals surface area contributed by atoms with E-state index < -0.39 is 0 Å². The van der Waals surface area contributed by atoms with Gasteiger partial charge in [0.05, 0.1) is 12.8 Å². The average Bonchev–Trinajstić information content (AvgIpc) is 3.53. The number of amides is 1. The van der Waals surface area contributed by atoms with Crippen molar-refractivity contribution in [2.24, 2.45) is 7.05 Å². The number of carbonyl (C=O) groups excluding carboxylic acids is 1. The summed E-state index contributed by atoms with van der Waals surface area (Å²) in [5, 5.41) is 7.47. The van der Waals surface area contributed by atoms with E-state index in [1.807, 2.05) is 67.1 Å². The molecule has 35 heavy (non-hydrogen) atoms. The number of nitrogens with one attached hydrogen (secondary N) is 1. The van der Waals surface area contributed by atoms with Gasteiger partial charge in [-0.25, -0.2) is 0 Å². The second kappa shape index (κ2) is 9.17. The van der Waals surface area contributed by atoms with Gasteiger partial charge in [-0.15, -0.1) is 0 Å². The Morgan fingerprint density at radius 3 is 2.80 bits per heavy atom. The molecule has 0 fully saturated rings. The lowest BCUT2D eigenvalue weighted by molar-refractivity contribution is -0.121. The number of ether oxygens (including phenoxy) is 3. The molecule has 5 rings (SSSR count). The fourth-order valence-corrected chi connectivity index (χ4v) is 4.21. The zero-order chi connectivity index (χ0) is 24.5. The van der Waals surface area contributed by atoms with Crippen LogP contribution in [-0.4, -0.2) is 34.0 Å². The monoisotopic (exact) mass is 474 g/mol. The van der Waals surface area contributed by atoms with Gasteiger partial charge in [0.2, 0.25) is 12.7 Å². The van der Waals surface area contributed by atoms with Crippen LogP contribution in [-0.2, 0) is 24.8 Å². The Hall–Kier alpha value is -4.27. The van der Waals surface area contributed by atoms with Crippen LogP contribution in [0.25, 0.3) is 16.9 Å². The van der Waals surface area contributed by atoms with E-state index >= 15 is 0 Å². The van der Waals surface area contributed by atoms with E-state index in [9.17, 15) is 9.59 Å². The maximum absolute atomic E-state index is 13.3. The van der Waals surface area contributed by atoms with Crippen molar-refractivity contribution in [3.8, 4) is 28.5 Å². The number of nitrogens with zero attached hydrogens (tertiary/aromatic N) is 3. The van der Waals surface area contributed by atoms with Crippen molar-refractivity contribution in [3.05, 3.63) is 75.7 Å². The molecule has 180 valence electrons. The topological polar surface area (TPSA) is 96.1 Å². The Bertz CT molecular complexity index is 1490. The number of aryl methyl sites for hydroxylation is 1. The number of aromatic nitrogens is 3. The van der Waals surface area contributed by atoms with Crippen molar-refractivity contribution in [2.45, 2.75) is 26.3 Å². The molecule has 3 heterocycles. The van der Waals surface area contributed by atoms with E-state index in [2.05, 4.69) is 10.4 Å². The lowest BCUT2D eigenvalue weighted by atomic mass is 10.1. The zero-order valence-electron chi connectivity index (χ0n) is 19.8. The fraction of sp³-hybridized carbons (Fsp3) is 0.269. The molecule has 0 bridgehead atoms. The number of carbonyl (C=O) groups is 1. The molecule has 1 aliphatic rings. The van der Waals surface area contributed by atoms with Crippen molar-refractivity contribution < 1.29 is 19.0 Å². The van der Waals surface area contributed by atoms with E-state index in [1.165, 1.54) is 4.52 Å². The van der Waals surface area contributed by atoms with Gasteiger partial charge in [-0.1, -0.05) is 18.2 Å². The molecular formula is C26H26N4O5. The second-order valence-corrected chi connectivity index (χ2v) is 8.42. The lowest BCUT2D eigenvalue weighted by Gasteiger charge is -2.12. The average molecular weight is 475 g/mol. The number of benzene rings is 2. The normalized spacial score (nSPS) is 12.2. The molecule has 1 amide bonds. The second-order valence-electron chi connectivity index (χ2n) is 8.42. The van der Waals surface area contributed by atoms with Crippen molar-refractivity contribution in [1.29, 1.82) is 0 Å². The third kappa shape index (κ3) is 4.32. The van der Waals surface area contributed by atoms with E-state index in [-0.39, 0.29) is 24.7 Å². The molecule has 0 aliphatic carbocycles. The van der Waals surface area contributed by atoms with Crippen molar-refractivity contribution in [3.63, 3.8) is 0 Å². The van der Waals surface area contributed by atoms with Gasteiger partial charge in [-0.3, -0.25) is 9.59 Å². The summed E-state index contributed by atoms with van der Waals surface area (Å²) in [6, 6.07) is 15.0. The zero-order valence-corrected chi connectivity index (χ0v) is 19.8. The van der Waals surface area contributed by atoms with Crippen LogP contribution in [0, 0.1) is 6.92 Å². The number of methoxy groups -OCH3 is 1. The quantitative estimate of drug-likeness (QED) is 0.442. The minimum Gasteiger partial charge on any atom is -0.497 e.